The lowest BCUT2D eigenvalue weighted by Crippen LogP contribution is -2.39. The minimum Gasteiger partial charge on any atom is -0.379 e. The molecule has 2 heterocycles. The molecule has 1 fully saturated rings. The van der Waals surface area contributed by atoms with E-state index >= 15 is 0 Å². The van der Waals surface area contributed by atoms with Gasteiger partial charge in [-0.3, -0.25) is 4.90 Å². The SMILES string of the molecule is CC(C)(C)c1nc(CN=C(N)NCCCN2CCOCC2)no1.I. The van der Waals surface area contributed by atoms with E-state index in [0.29, 0.717) is 24.2 Å². The lowest BCUT2D eigenvalue weighted by atomic mass is 9.97. The first kappa shape index (κ1) is 21.1. The molecule has 1 aromatic rings. The Morgan fingerprint density at radius 1 is 1.33 bits per heavy atom. The summed E-state index contributed by atoms with van der Waals surface area (Å²) in [6, 6.07) is 0. The van der Waals surface area contributed by atoms with Crippen LogP contribution in [0.3, 0.4) is 0 Å². The maximum Gasteiger partial charge on any atom is 0.232 e. The topological polar surface area (TPSA) is 102 Å². The summed E-state index contributed by atoms with van der Waals surface area (Å²) in [6.07, 6.45) is 1.02. The normalized spacial score (nSPS) is 16.7. The van der Waals surface area contributed by atoms with Crippen LogP contribution in [0.5, 0.6) is 0 Å². The van der Waals surface area contributed by atoms with E-state index in [-0.39, 0.29) is 29.4 Å². The number of rotatable bonds is 6. The van der Waals surface area contributed by atoms with Gasteiger partial charge >= 0.3 is 0 Å². The first-order valence-electron chi connectivity index (χ1n) is 8.12. The lowest BCUT2D eigenvalue weighted by molar-refractivity contribution is 0.0376. The molecule has 3 N–H and O–H groups in total. The molecule has 0 saturated carbocycles. The Morgan fingerprint density at radius 2 is 2.04 bits per heavy atom. The molecular weight excluding hydrogens is 423 g/mol. The highest BCUT2D eigenvalue weighted by atomic mass is 127. The van der Waals surface area contributed by atoms with E-state index in [1.165, 1.54) is 0 Å². The van der Waals surface area contributed by atoms with Crippen molar-refractivity contribution in [3.8, 4) is 0 Å². The van der Waals surface area contributed by atoms with Crippen LogP contribution < -0.4 is 11.1 Å². The summed E-state index contributed by atoms with van der Waals surface area (Å²) < 4.78 is 10.5. The summed E-state index contributed by atoms with van der Waals surface area (Å²) in [5, 5.41) is 7.03. The van der Waals surface area contributed by atoms with Crippen molar-refractivity contribution in [3.05, 3.63) is 11.7 Å². The second-order valence-corrected chi connectivity index (χ2v) is 6.70. The molecule has 1 aliphatic heterocycles. The van der Waals surface area contributed by atoms with Crippen molar-refractivity contribution < 1.29 is 9.26 Å². The smallest absolute Gasteiger partial charge is 0.232 e. The van der Waals surface area contributed by atoms with Crippen LogP contribution in [-0.2, 0) is 16.7 Å². The van der Waals surface area contributed by atoms with Crippen LogP contribution in [0, 0.1) is 0 Å². The number of guanidine groups is 1. The number of hydrogen-bond donors (Lipinski definition) is 2. The Balaban J connectivity index is 0.00000288. The van der Waals surface area contributed by atoms with E-state index in [2.05, 4.69) is 25.3 Å². The summed E-state index contributed by atoms with van der Waals surface area (Å²) in [7, 11) is 0. The zero-order valence-corrected chi connectivity index (χ0v) is 17.1. The first-order chi connectivity index (χ1) is 10.9. The van der Waals surface area contributed by atoms with Crippen molar-refractivity contribution in [2.24, 2.45) is 10.7 Å². The van der Waals surface area contributed by atoms with Crippen LogP contribution in [0.25, 0.3) is 0 Å². The largest absolute Gasteiger partial charge is 0.379 e. The quantitative estimate of drug-likeness (QED) is 0.289. The molecule has 1 saturated heterocycles. The number of morpholine rings is 1. The summed E-state index contributed by atoms with van der Waals surface area (Å²) in [5.74, 6) is 1.57. The zero-order chi connectivity index (χ0) is 16.7. The molecule has 9 heteroatoms. The van der Waals surface area contributed by atoms with Gasteiger partial charge in [-0.15, -0.1) is 24.0 Å². The number of nitrogens with zero attached hydrogens (tertiary/aromatic N) is 4. The average Bonchev–Trinajstić information content (AvgIpc) is 3.00. The standard InChI is InChI=1S/C15H28N6O2.HI/c1-15(2,3)13-19-12(20-23-13)11-18-14(16)17-5-4-6-21-7-9-22-10-8-21;/h4-11H2,1-3H3,(H3,16,17,18);1H. The Morgan fingerprint density at radius 3 is 2.67 bits per heavy atom. The number of halogens is 1. The number of nitrogens with two attached hydrogens (primary N) is 1. The molecule has 0 atom stereocenters. The van der Waals surface area contributed by atoms with Crippen molar-refractivity contribution in [3.63, 3.8) is 0 Å². The van der Waals surface area contributed by atoms with Gasteiger partial charge in [0.15, 0.2) is 11.8 Å². The Labute approximate surface area is 160 Å². The molecule has 24 heavy (non-hydrogen) atoms. The molecule has 2 rings (SSSR count). The fraction of sp³-hybridized carbons (Fsp3) is 0.800. The number of ether oxygens (including phenoxy) is 1. The molecule has 0 bridgehead atoms. The second kappa shape index (κ2) is 10.1. The van der Waals surface area contributed by atoms with Crippen LogP contribution in [0.4, 0.5) is 0 Å². The van der Waals surface area contributed by atoms with Crippen LogP contribution in [0.2, 0.25) is 0 Å². The van der Waals surface area contributed by atoms with Crippen molar-refractivity contribution in [2.45, 2.75) is 39.2 Å². The van der Waals surface area contributed by atoms with Crippen LogP contribution in [0.1, 0.15) is 38.9 Å². The highest BCUT2D eigenvalue weighted by Crippen LogP contribution is 2.19. The fourth-order valence-corrected chi connectivity index (χ4v) is 2.18. The van der Waals surface area contributed by atoms with E-state index in [4.69, 9.17) is 15.0 Å². The van der Waals surface area contributed by atoms with Crippen molar-refractivity contribution >= 4 is 29.9 Å². The van der Waals surface area contributed by atoms with E-state index < -0.39 is 0 Å². The molecule has 1 aromatic heterocycles. The van der Waals surface area contributed by atoms with E-state index in [9.17, 15) is 0 Å². The summed E-state index contributed by atoms with van der Waals surface area (Å²) in [5.41, 5.74) is 5.70. The van der Waals surface area contributed by atoms with E-state index in [1.54, 1.807) is 0 Å². The van der Waals surface area contributed by atoms with Crippen molar-refractivity contribution in [1.82, 2.24) is 20.4 Å². The minimum atomic E-state index is -0.155. The molecule has 0 spiro atoms. The van der Waals surface area contributed by atoms with E-state index in [1.807, 2.05) is 20.8 Å². The maximum atomic E-state index is 5.85. The number of hydrogen-bond acceptors (Lipinski definition) is 6. The molecule has 0 unspecified atom stereocenters. The van der Waals surface area contributed by atoms with Gasteiger partial charge in [-0.1, -0.05) is 25.9 Å². The Kier molecular flexibility index (Phi) is 8.92. The second-order valence-electron chi connectivity index (χ2n) is 6.70. The van der Waals surface area contributed by atoms with Gasteiger partial charge in [0.1, 0.15) is 6.54 Å². The molecule has 138 valence electrons. The Bertz CT molecular complexity index is 508. The number of aromatic nitrogens is 2. The fourth-order valence-electron chi connectivity index (χ4n) is 2.18. The molecule has 0 amide bonds. The summed E-state index contributed by atoms with van der Waals surface area (Å²) in [6.45, 7) is 11.9. The van der Waals surface area contributed by atoms with Gasteiger partial charge in [-0.05, 0) is 13.0 Å². The van der Waals surface area contributed by atoms with Gasteiger partial charge < -0.3 is 20.3 Å². The van der Waals surface area contributed by atoms with Gasteiger partial charge in [-0.25, -0.2) is 4.99 Å². The van der Waals surface area contributed by atoms with Gasteiger partial charge in [0, 0.05) is 25.0 Å². The first-order valence-corrected chi connectivity index (χ1v) is 8.12. The van der Waals surface area contributed by atoms with Gasteiger partial charge in [0.25, 0.3) is 0 Å². The third-order valence-electron chi connectivity index (χ3n) is 3.56. The van der Waals surface area contributed by atoms with Gasteiger partial charge in [0.05, 0.1) is 13.2 Å². The lowest BCUT2D eigenvalue weighted by Gasteiger charge is -2.26. The predicted octanol–water partition coefficient (Wildman–Crippen LogP) is 1.11. The predicted molar refractivity (Wildman–Crippen MR) is 104 cm³/mol. The van der Waals surface area contributed by atoms with Crippen LogP contribution in [-0.4, -0.2) is 60.4 Å². The number of nitrogens with one attached hydrogen (secondary N) is 1. The van der Waals surface area contributed by atoms with Crippen molar-refractivity contribution in [2.75, 3.05) is 39.4 Å². The highest BCUT2D eigenvalue weighted by molar-refractivity contribution is 14.0. The minimum absolute atomic E-state index is 0. The molecule has 0 aliphatic carbocycles. The monoisotopic (exact) mass is 452 g/mol. The van der Waals surface area contributed by atoms with Gasteiger partial charge in [-0.2, -0.15) is 4.98 Å². The summed E-state index contributed by atoms with van der Waals surface area (Å²) in [4.78, 5) is 11.0. The van der Waals surface area contributed by atoms with E-state index in [0.717, 1.165) is 45.8 Å². The number of aliphatic imine (C=N–C) groups is 1. The van der Waals surface area contributed by atoms with Crippen LogP contribution in [0.15, 0.2) is 9.52 Å². The zero-order valence-electron chi connectivity index (χ0n) is 14.7. The van der Waals surface area contributed by atoms with Gasteiger partial charge in [0.2, 0.25) is 5.89 Å². The third-order valence-corrected chi connectivity index (χ3v) is 3.56. The average molecular weight is 452 g/mol. The van der Waals surface area contributed by atoms with Crippen LogP contribution >= 0.6 is 24.0 Å². The third kappa shape index (κ3) is 7.31. The molecule has 0 aromatic carbocycles. The molecular formula is C15H29IN6O2. The summed E-state index contributed by atoms with van der Waals surface area (Å²) >= 11 is 0. The molecule has 0 radical (unpaired) electrons. The Hall–Kier alpha value is -0.940. The van der Waals surface area contributed by atoms with Crippen molar-refractivity contribution in [1.29, 1.82) is 0 Å². The highest BCUT2D eigenvalue weighted by Gasteiger charge is 2.21. The molecule has 8 nitrogen and oxygen atoms in total. The maximum absolute atomic E-state index is 5.85. The molecule has 1 aliphatic rings.